The molecule has 1 atom stereocenters. The molecule has 2 aromatic carbocycles. The maximum atomic E-state index is 12.3. The predicted molar refractivity (Wildman–Crippen MR) is 105 cm³/mol. The molecule has 146 valence electrons. The minimum absolute atomic E-state index is 0.0155. The summed E-state index contributed by atoms with van der Waals surface area (Å²) in [5.41, 5.74) is 0.854. The van der Waals surface area contributed by atoms with E-state index in [1.54, 1.807) is 42.5 Å². The van der Waals surface area contributed by atoms with Gasteiger partial charge in [0.25, 0.3) is 0 Å². The number of amides is 1. The molecule has 1 fully saturated rings. The molecule has 3 rings (SSSR count). The smallest absolute Gasteiger partial charge is 0.311 e. The van der Waals surface area contributed by atoms with Gasteiger partial charge in [0, 0.05) is 23.6 Å². The maximum Gasteiger partial charge on any atom is 0.311 e. The van der Waals surface area contributed by atoms with Crippen LogP contribution in [-0.2, 0) is 14.3 Å². The van der Waals surface area contributed by atoms with E-state index in [1.165, 1.54) is 12.0 Å². The molecule has 28 heavy (non-hydrogen) atoms. The first-order chi connectivity index (χ1) is 13.4. The summed E-state index contributed by atoms with van der Waals surface area (Å²) in [6.45, 7) is -0.276. The number of ether oxygens (including phenoxy) is 2. The summed E-state index contributed by atoms with van der Waals surface area (Å²) in [6.07, 6.45) is -0.0155. The maximum absolute atomic E-state index is 12.3. The molecule has 0 aromatic heterocycles. The van der Waals surface area contributed by atoms with Crippen LogP contribution >= 0.6 is 23.2 Å². The van der Waals surface area contributed by atoms with E-state index in [1.807, 2.05) is 0 Å². The van der Waals surface area contributed by atoms with Crippen molar-refractivity contribution in [3.63, 3.8) is 0 Å². The van der Waals surface area contributed by atoms with Crippen molar-refractivity contribution in [3.05, 3.63) is 58.1 Å². The van der Waals surface area contributed by atoms with Crippen LogP contribution in [0.5, 0.6) is 5.75 Å². The number of ketones is 1. The number of carbonyl (C=O) groups is 3. The lowest BCUT2D eigenvalue weighted by atomic mass is 10.1. The van der Waals surface area contributed by atoms with Gasteiger partial charge in [0.1, 0.15) is 5.75 Å². The number of hydrogen-bond donors (Lipinski definition) is 0. The number of benzene rings is 2. The summed E-state index contributed by atoms with van der Waals surface area (Å²) in [7, 11) is 1.53. The Bertz CT molecular complexity index is 913. The summed E-state index contributed by atoms with van der Waals surface area (Å²) in [5.74, 6) is -1.25. The van der Waals surface area contributed by atoms with E-state index in [2.05, 4.69) is 0 Å². The second kappa shape index (κ2) is 8.63. The molecule has 0 radical (unpaired) electrons. The quantitative estimate of drug-likeness (QED) is 0.524. The highest BCUT2D eigenvalue weighted by Crippen LogP contribution is 2.33. The van der Waals surface area contributed by atoms with Crippen molar-refractivity contribution in [1.29, 1.82) is 0 Å². The molecule has 8 heteroatoms. The molecule has 0 aliphatic carbocycles. The van der Waals surface area contributed by atoms with Gasteiger partial charge in [-0.1, -0.05) is 23.2 Å². The summed E-state index contributed by atoms with van der Waals surface area (Å²) in [5, 5.41) is 0.796. The van der Waals surface area contributed by atoms with Gasteiger partial charge >= 0.3 is 5.97 Å². The van der Waals surface area contributed by atoms with Crippen LogP contribution in [0.15, 0.2) is 42.5 Å². The van der Waals surface area contributed by atoms with E-state index >= 15 is 0 Å². The molecule has 1 amide bonds. The van der Waals surface area contributed by atoms with Gasteiger partial charge in [-0.2, -0.15) is 0 Å². The van der Waals surface area contributed by atoms with Crippen molar-refractivity contribution in [3.8, 4) is 5.75 Å². The van der Waals surface area contributed by atoms with Gasteiger partial charge in [-0.25, -0.2) is 0 Å². The number of carbonyl (C=O) groups excluding carboxylic acids is 3. The lowest BCUT2D eigenvalue weighted by Crippen LogP contribution is -2.27. The van der Waals surface area contributed by atoms with Crippen molar-refractivity contribution in [2.24, 2.45) is 5.92 Å². The Morgan fingerprint density at radius 3 is 2.54 bits per heavy atom. The van der Waals surface area contributed by atoms with Gasteiger partial charge in [0.2, 0.25) is 5.91 Å². The van der Waals surface area contributed by atoms with Crippen molar-refractivity contribution in [2.45, 2.75) is 6.42 Å². The van der Waals surface area contributed by atoms with Gasteiger partial charge in [-0.3, -0.25) is 14.4 Å². The van der Waals surface area contributed by atoms with Gasteiger partial charge in [0.15, 0.2) is 12.4 Å². The molecule has 0 unspecified atom stereocenters. The Balaban J connectivity index is 1.60. The number of hydrogen-bond acceptors (Lipinski definition) is 5. The minimum atomic E-state index is -0.675. The predicted octanol–water partition coefficient (Wildman–Crippen LogP) is 3.78. The van der Waals surface area contributed by atoms with Crippen LogP contribution in [0.4, 0.5) is 5.69 Å². The highest BCUT2D eigenvalue weighted by atomic mass is 35.5. The number of rotatable bonds is 6. The lowest BCUT2D eigenvalue weighted by molar-refractivity contribution is -0.147. The molecule has 0 saturated carbocycles. The van der Waals surface area contributed by atoms with Crippen LogP contribution < -0.4 is 9.64 Å². The molecule has 2 aromatic rings. The zero-order chi connectivity index (χ0) is 20.3. The first kappa shape index (κ1) is 20.2. The molecular formula is C20H17Cl2NO5. The number of esters is 1. The Hall–Kier alpha value is -2.57. The van der Waals surface area contributed by atoms with Crippen LogP contribution in [0.25, 0.3) is 0 Å². The zero-order valence-electron chi connectivity index (χ0n) is 15.0. The summed E-state index contributed by atoms with van der Waals surface area (Å²) < 4.78 is 10.2. The van der Waals surface area contributed by atoms with E-state index in [0.29, 0.717) is 27.0 Å². The Morgan fingerprint density at radius 2 is 1.86 bits per heavy atom. The van der Waals surface area contributed by atoms with Crippen molar-refractivity contribution in [1.82, 2.24) is 0 Å². The van der Waals surface area contributed by atoms with E-state index in [4.69, 9.17) is 32.7 Å². The molecular weight excluding hydrogens is 405 g/mol. The fourth-order valence-electron chi connectivity index (χ4n) is 2.91. The average Bonchev–Trinajstić information content (AvgIpc) is 3.09. The Kier molecular flexibility index (Phi) is 6.21. The third kappa shape index (κ3) is 4.46. The SMILES string of the molecule is COc1ccc(C(=O)COC(=O)[C@@H]2CC(=O)N(c3cc(Cl)ccc3Cl)C2)cc1. The number of Topliss-reactive ketones (excluding diaryl/α,β-unsaturated/α-hetero) is 1. The number of nitrogens with zero attached hydrogens (tertiary/aromatic N) is 1. The van der Waals surface area contributed by atoms with Crippen LogP contribution in [0.3, 0.4) is 0 Å². The van der Waals surface area contributed by atoms with Gasteiger partial charge in [-0.15, -0.1) is 0 Å². The Morgan fingerprint density at radius 1 is 1.14 bits per heavy atom. The van der Waals surface area contributed by atoms with Crippen LogP contribution in [0.2, 0.25) is 10.0 Å². The first-order valence-electron chi connectivity index (χ1n) is 8.48. The monoisotopic (exact) mass is 421 g/mol. The van der Waals surface area contributed by atoms with E-state index in [0.717, 1.165) is 0 Å². The molecule has 0 N–H and O–H groups in total. The molecule has 1 heterocycles. The number of methoxy groups -OCH3 is 1. The Labute approximate surface area is 171 Å². The first-order valence-corrected chi connectivity index (χ1v) is 9.24. The standard InChI is InChI=1S/C20H17Cl2NO5/c1-27-15-5-2-12(3-6-15)18(24)11-28-20(26)13-8-19(25)23(10-13)17-9-14(21)4-7-16(17)22/h2-7,9,13H,8,10-11H2,1H3/t13-/m1/s1. The van der Waals surface area contributed by atoms with Crippen LogP contribution in [0, 0.1) is 5.92 Å². The second-order valence-corrected chi connectivity index (χ2v) is 7.10. The zero-order valence-corrected chi connectivity index (χ0v) is 16.5. The summed E-state index contributed by atoms with van der Waals surface area (Å²) in [4.78, 5) is 38.2. The fourth-order valence-corrected chi connectivity index (χ4v) is 3.29. The van der Waals surface area contributed by atoms with Crippen molar-refractivity contribution >= 4 is 46.5 Å². The number of anilines is 1. The van der Waals surface area contributed by atoms with Gasteiger partial charge in [-0.05, 0) is 42.5 Å². The van der Waals surface area contributed by atoms with Crippen molar-refractivity contribution < 1.29 is 23.9 Å². The van der Waals surface area contributed by atoms with Gasteiger partial charge < -0.3 is 14.4 Å². The molecule has 0 bridgehead atoms. The average molecular weight is 422 g/mol. The highest BCUT2D eigenvalue weighted by Gasteiger charge is 2.37. The minimum Gasteiger partial charge on any atom is -0.497 e. The topological polar surface area (TPSA) is 72.9 Å². The lowest BCUT2D eigenvalue weighted by Gasteiger charge is -2.18. The molecule has 0 spiro atoms. The van der Waals surface area contributed by atoms with Crippen LogP contribution in [-0.4, -0.2) is 37.9 Å². The summed E-state index contributed by atoms with van der Waals surface area (Å²) in [6, 6.07) is 11.3. The highest BCUT2D eigenvalue weighted by molar-refractivity contribution is 6.35. The molecule has 1 aliphatic rings. The van der Waals surface area contributed by atoms with E-state index in [9.17, 15) is 14.4 Å². The normalized spacial score (nSPS) is 16.2. The molecule has 1 saturated heterocycles. The number of halogens is 2. The molecule has 6 nitrogen and oxygen atoms in total. The third-order valence-electron chi connectivity index (χ3n) is 4.41. The van der Waals surface area contributed by atoms with E-state index < -0.39 is 18.5 Å². The largest absolute Gasteiger partial charge is 0.497 e. The van der Waals surface area contributed by atoms with Gasteiger partial charge in [0.05, 0.1) is 23.7 Å². The summed E-state index contributed by atoms with van der Waals surface area (Å²) >= 11 is 12.1. The van der Waals surface area contributed by atoms with E-state index in [-0.39, 0.29) is 24.7 Å². The molecule has 1 aliphatic heterocycles. The van der Waals surface area contributed by atoms with Crippen molar-refractivity contribution in [2.75, 3.05) is 25.2 Å². The fraction of sp³-hybridized carbons (Fsp3) is 0.250. The van der Waals surface area contributed by atoms with Crippen LogP contribution in [0.1, 0.15) is 16.8 Å². The third-order valence-corrected chi connectivity index (χ3v) is 4.97. The second-order valence-electron chi connectivity index (χ2n) is 6.26.